The van der Waals surface area contributed by atoms with Crippen LogP contribution in [0, 0.1) is 20.8 Å². The summed E-state index contributed by atoms with van der Waals surface area (Å²) in [6.45, 7) is 5.44. The van der Waals surface area contributed by atoms with Crippen molar-refractivity contribution in [1.82, 2.24) is 4.31 Å². The van der Waals surface area contributed by atoms with Crippen LogP contribution >= 0.6 is 0 Å². The van der Waals surface area contributed by atoms with Crippen LogP contribution in [0.25, 0.3) is 11.1 Å². The Morgan fingerprint density at radius 1 is 0.889 bits per heavy atom. The van der Waals surface area contributed by atoms with Crippen LogP contribution in [0.3, 0.4) is 0 Å². The SMILES string of the molecule is Cc1cc(C)c(S(=O)(=O)N(Cc2ccc(-c3cccc(C4(C(=O)O)CCOCC4)c3)cc2)Cc2ccc(C(F)(F)F)o2)c(C)c1. The van der Waals surface area contributed by atoms with Crippen molar-refractivity contribution >= 4 is 16.0 Å². The predicted molar refractivity (Wildman–Crippen MR) is 162 cm³/mol. The molecule has 45 heavy (non-hydrogen) atoms. The number of carboxylic acid groups (broad SMARTS) is 1. The molecule has 5 rings (SSSR count). The van der Waals surface area contributed by atoms with Crippen LogP contribution in [0.5, 0.6) is 0 Å². The topological polar surface area (TPSA) is 97.1 Å². The highest BCUT2D eigenvalue weighted by Gasteiger charge is 2.42. The van der Waals surface area contributed by atoms with Crippen LogP contribution in [-0.4, -0.2) is 37.0 Å². The molecule has 1 N–H and O–H groups in total. The molecule has 0 unspecified atom stereocenters. The number of aryl methyl sites for hydroxylation is 3. The molecular weight excluding hydrogens is 607 g/mol. The summed E-state index contributed by atoms with van der Waals surface area (Å²) in [7, 11) is -4.17. The van der Waals surface area contributed by atoms with E-state index in [1.807, 2.05) is 43.3 Å². The molecule has 4 aromatic rings. The van der Waals surface area contributed by atoms with E-state index in [9.17, 15) is 31.5 Å². The van der Waals surface area contributed by atoms with Crippen molar-refractivity contribution in [3.05, 3.63) is 112 Å². The van der Waals surface area contributed by atoms with Gasteiger partial charge in [-0.15, -0.1) is 0 Å². The van der Waals surface area contributed by atoms with Gasteiger partial charge in [0.15, 0.2) is 0 Å². The van der Waals surface area contributed by atoms with Gasteiger partial charge in [0.25, 0.3) is 0 Å². The van der Waals surface area contributed by atoms with Crippen molar-refractivity contribution in [2.45, 2.75) is 63.2 Å². The van der Waals surface area contributed by atoms with Gasteiger partial charge in [0.2, 0.25) is 15.8 Å². The molecule has 1 aromatic heterocycles. The normalized spacial score (nSPS) is 15.4. The molecule has 238 valence electrons. The van der Waals surface area contributed by atoms with Gasteiger partial charge >= 0.3 is 12.1 Å². The maximum Gasteiger partial charge on any atom is 0.449 e. The van der Waals surface area contributed by atoms with Gasteiger partial charge in [-0.05, 0) is 79.1 Å². The quantitative estimate of drug-likeness (QED) is 0.204. The number of nitrogens with zero attached hydrogens (tertiary/aromatic N) is 1. The molecule has 2 heterocycles. The number of furan rings is 1. The van der Waals surface area contributed by atoms with Gasteiger partial charge < -0.3 is 14.3 Å². The number of aliphatic carboxylic acids is 1. The fraction of sp³-hybridized carbons (Fsp3) is 0.324. The van der Waals surface area contributed by atoms with E-state index in [2.05, 4.69) is 0 Å². The third-order valence-corrected chi connectivity index (χ3v) is 10.4. The van der Waals surface area contributed by atoms with Crippen LogP contribution < -0.4 is 0 Å². The van der Waals surface area contributed by atoms with E-state index < -0.39 is 39.9 Å². The Bertz CT molecular complexity index is 1780. The third kappa shape index (κ3) is 6.70. The Morgan fingerprint density at radius 3 is 2.11 bits per heavy atom. The van der Waals surface area contributed by atoms with Gasteiger partial charge in [-0.1, -0.05) is 66.2 Å². The standard InChI is InChI=1S/C34H34F3NO6S/c1-22-17-23(2)31(24(3)18-22)45(41,42)38(21-29-11-12-30(44-29)34(35,36)37)20-25-7-9-26(10-8-25)27-5-4-6-28(19-27)33(32(39)40)13-15-43-16-14-33/h4-12,17-19H,13-16,20-21H2,1-3H3,(H,39,40). The minimum Gasteiger partial charge on any atom is -0.481 e. The summed E-state index contributed by atoms with van der Waals surface area (Å²) in [5.74, 6) is -2.23. The molecule has 0 atom stereocenters. The first kappa shape index (κ1) is 32.5. The van der Waals surface area contributed by atoms with Crippen molar-refractivity contribution in [3.63, 3.8) is 0 Å². The summed E-state index contributed by atoms with van der Waals surface area (Å²) in [6.07, 6.45) is -3.96. The van der Waals surface area contributed by atoms with Gasteiger partial charge in [-0.25, -0.2) is 8.42 Å². The van der Waals surface area contributed by atoms with E-state index >= 15 is 0 Å². The molecule has 0 bridgehead atoms. The zero-order valence-corrected chi connectivity index (χ0v) is 26.0. The van der Waals surface area contributed by atoms with Crippen LogP contribution in [0.2, 0.25) is 0 Å². The summed E-state index contributed by atoms with van der Waals surface area (Å²) in [5, 5.41) is 10.1. The Labute approximate surface area is 260 Å². The van der Waals surface area contributed by atoms with Crippen LogP contribution in [0.1, 0.15) is 52.2 Å². The molecule has 3 aromatic carbocycles. The maximum atomic E-state index is 14.1. The second-order valence-corrected chi connectivity index (χ2v) is 13.4. The minimum absolute atomic E-state index is 0.101. The summed E-state index contributed by atoms with van der Waals surface area (Å²) in [6, 6.07) is 19.9. The van der Waals surface area contributed by atoms with Crippen molar-refractivity contribution < 1.29 is 40.6 Å². The molecule has 1 aliphatic heterocycles. The lowest BCUT2D eigenvalue weighted by atomic mass is 9.73. The number of carboxylic acids is 1. The lowest BCUT2D eigenvalue weighted by molar-refractivity contribution is -0.153. The minimum atomic E-state index is -4.70. The number of hydrogen-bond acceptors (Lipinski definition) is 5. The largest absolute Gasteiger partial charge is 0.481 e. The molecule has 0 saturated carbocycles. The Kier molecular flexibility index (Phi) is 8.99. The van der Waals surface area contributed by atoms with E-state index in [4.69, 9.17) is 9.15 Å². The van der Waals surface area contributed by atoms with E-state index in [1.54, 1.807) is 38.1 Å². The second-order valence-electron chi connectivity index (χ2n) is 11.5. The highest BCUT2D eigenvalue weighted by Crippen LogP contribution is 2.37. The summed E-state index contributed by atoms with van der Waals surface area (Å²) in [5.41, 5.74) is 3.83. The number of hydrogen-bond donors (Lipinski definition) is 1. The number of halogens is 3. The summed E-state index contributed by atoms with van der Waals surface area (Å²) in [4.78, 5) is 12.4. The van der Waals surface area contributed by atoms with Gasteiger partial charge in [0, 0.05) is 19.8 Å². The van der Waals surface area contributed by atoms with Gasteiger partial charge in [0.05, 0.1) is 16.9 Å². The molecular formula is C34H34F3NO6S. The number of carbonyl (C=O) groups is 1. The maximum absolute atomic E-state index is 14.1. The molecule has 7 nitrogen and oxygen atoms in total. The van der Waals surface area contributed by atoms with E-state index in [0.29, 0.717) is 48.3 Å². The smallest absolute Gasteiger partial charge is 0.449 e. The van der Waals surface area contributed by atoms with Gasteiger partial charge in [-0.2, -0.15) is 17.5 Å². The molecule has 0 aliphatic carbocycles. The van der Waals surface area contributed by atoms with Gasteiger partial charge in [-0.3, -0.25) is 4.79 Å². The average molecular weight is 642 g/mol. The first-order chi connectivity index (χ1) is 21.2. The van der Waals surface area contributed by atoms with E-state index in [1.165, 1.54) is 0 Å². The van der Waals surface area contributed by atoms with Gasteiger partial charge in [0.1, 0.15) is 5.76 Å². The molecule has 0 radical (unpaired) electrons. The summed E-state index contributed by atoms with van der Waals surface area (Å²) >= 11 is 0. The zero-order chi connectivity index (χ0) is 32.6. The van der Waals surface area contributed by atoms with Crippen LogP contribution in [-0.2, 0) is 44.2 Å². The monoisotopic (exact) mass is 641 g/mol. The predicted octanol–water partition coefficient (Wildman–Crippen LogP) is 7.41. The lowest BCUT2D eigenvalue weighted by Gasteiger charge is -2.33. The fourth-order valence-corrected chi connectivity index (χ4v) is 7.87. The molecule has 0 amide bonds. The number of ether oxygens (including phenoxy) is 1. The first-order valence-electron chi connectivity index (χ1n) is 14.5. The highest BCUT2D eigenvalue weighted by molar-refractivity contribution is 7.89. The number of benzene rings is 3. The van der Waals surface area contributed by atoms with Crippen molar-refractivity contribution in [2.75, 3.05) is 13.2 Å². The van der Waals surface area contributed by atoms with Crippen LogP contribution in [0.4, 0.5) is 13.2 Å². The molecule has 1 aliphatic rings. The summed E-state index contributed by atoms with van der Waals surface area (Å²) < 4.78 is 79.4. The molecule has 11 heteroatoms. The highest BCUT2D eigenvalue weighted by atomic mass is 32.2. The molecule has 1 saturated heterocycles. The molecule has 0 spiro atoms. The first-order valence-corrected chi connectivity index (χ1v) is 15.9. The average Bonchev–Trinajstić information content (AvgIpc) is 3.46. The van der Waals surface area contributed by atoms with Crippen LogP contribution in [0.15, 0.2) is 82.1 Å². The fourth-order valence-electron chi connectivity index (χ4n) is 6.07. The van der Waals surface area contributed by atoms with E-state index in [-0.39, 0.29) is 17.2 Å². The second kappa shape index (κ2) is 12.5. The van der Waals surface area contributed by atoms with Crippen molar-refractivity contribution in [2.24, 2.45) is 0 Å². The Morgan fingerprint density at radius 2 is 1.53 bits per heavy atom. The third-order valence-electron chi connectivity index (χ3n) is 8.29. The Hall–Kier alpha value is -3.93. The zero-order valence-electron chi connectivity index (χ0n) is 25.1. The van der Waals surface area contributed by atoms with Crippen molar-refractivity contribution in [1.29, 1.82) is 0 Å². The Balaban J connectivity index is 1.47. The lowest BCUT2D eigenvalue weighted by Crippen LogP contribution is -2.41. The number of rotatable bonds is 9. The molecule has 1 fully saturated rings. The van der Waals surface area contributed by atoms with Crippen molar-refractivity contribution in [3.8, 4) is 11.1 Å². The number of alkyl halides is 3. The number of sulfonamides is 1. The van der Waals surface area contributed by atoms with E-state index in [0.717, 1.165) is 33.1 Å².